The molecule has 1 amide bonds. The molecule has 0 saturated carbocycles. The fraction of sp³-hybridized carbons (Fsp3) is 0.353. The maximum Gasteiger partial charge on any atom is 0.254 e. The first-order valence-electron chi connectivity index (χ1n) is 14.3. The summed E-state index contributed by atoms with van der Waals surface area (Å²) in [5, 5.41) is 18.9. The number of thioether (sulfide) groups is 1. The van der Waals surface area contributed by atoms with Gasteiger partial charge < -0.3 is 15.1 Å². The fourth-order valence-corrected chi connectivity index (χ4v) is 6.46. The van der Waals surface area contributed by atoms with Crippen LogP contribution in [0, 0.1) is 11.3 Å². The molecule has 0 radical (unpaired) electrons. The van der Waals surface area contributed by atoms with Crippen LogP contribution in [0.1, 0.15) is 74.8 Å². The highest BCUT2D eigenvalue weighted by Gasteiger charge is 2.30. The highest BCUT2D eigenvalue weighted by atomic mass is 32.2. The number of benzene rings is 3. The molecule has 0 spiro atoms. The summed E-state index contributed by atoms with van der Waals surface area (Å²) in [6, 6.07) is 24.0. The third-order valence-corrected chi connectivity index (χ3v) is 8.61. The molecule has 2 heterocycles. The number of carbonyl (C=O) groups is 1. The second kappa shape index (κ2) is 11.7. The predicted octanol–water partition coefficient (Wildman–Crippen LogP) is 7.21. The first-order valence-corrected chi connectivity index (χ1v) is 15.1. The standard InChI is InChI=1S/C34H37N5O2S/c1-22-11-10-16-39(22)31(40)26-18-24(27-14-9-15-29(28(27)21-35)42-33(2,3)4)17-25(19-26)30-37-38-32(41-30)34(5,36)20-23-12-7-6-8-13-23/h6-9,12-15,17-19,22H,10-11,16,20,36H2,1-5H3/t22?,34-/m1/s1. The van der Waals surface area contributed by atoms with E-state index in [9.17, 15) is 10.1 Å². The van der Waals surface area contributed by atoms with Gasteiger partial charge in [-0.15, -0.1) is 22.0 Å². The molecule has 0 aliphatic carbocycles. The van der Waals surface area contributed by atoms with Gasteiger partial charge in [0.05, 0.1) is 11.1 Å². The summed E-state index contributed by atoms with van der Waals surface area (Å²) in [5.41, 5.74) is 10.0. The summed E-state index contributed by atoms with van der Waals surface area (Å²) in [4.78, 5) is 16.6. The number of rotatable bonds is 7. The van der Waals surface area contributed by atoms with Crippen LogP contribution in [0.5, 0.6) is 0 Å². The summed E-state index contributed by atoms with van der Waals surface area (Å²) in [6.45, 7) is 11.0. The van der Waals surface area contributed by atoms with E-state index in [-0.39, 0.29) is 22.6 Å². The van der Waals surface area contributed by atoms with Gasteiger partial charge in [0, 0.05) is 38.9 Å². The maximum absolute atomic E-state index is 13.8. The minimum atomic E-state index is -0.889. The molecule has 1 saturated heterocycles. The lowest BCUT2D eigenvalue weighted by atomic mass is 9.94. The van der Waals surface area contributed by atoms with Crippen LogP contribution in [-0.4, -0.2) is 38.3 Å². The summed E-state index contributed by atoms with van der Waals surface area (Å²) in [5.74, 6) is 0.544. The van der Waals surface area contributed by atoms with Crippen LogP contribution < -0.4 is 5.73 Å². The van der Waals surface area contributed by atoms with Crippen molar-refractivity contribution in [3.05, 3.63) is 89.3 Å². The lowest BCUT2D eigenvalue weighted by Gasteiger charge is -2.22. The van der Waals surface area contributed by atoms with E-state index in [0.717, 1.165) is 41.0 Å². The molecule has 2 N–H and O–H groups in total. The third-order valence-electron chi connectivity index (χ3n) is 7.43. The molecule has 0 bridgehead atoms. The molecular formula is C34H37N5O2S. The Labute approximate surface area is 252 Å². The molecule has 1 aliphatic rings. The number of carbonyl (C=O) groups excluding carboxylic acids is 1. The summed E-state index contributed by atoms with van der Waals surface area (Å²) >= 11 is 1.65. The zero-order valence-corrected chi connectivity index (χ0v) is 25.7. The van der Waals surface area contributed by atoms with Gasteiger partial charge in [-0.1, -0.05) is 63.2 Å². The van der Waals surface area contributed by atoms with Crippen LogP contribution in [-0.2, 0) is 12.0 Å². The van der Waals surface area contributed by atoms with Crippen LogP contribution in [0.15, 0.2) is 76.0 Å². The Morgan fingerprint density at radius 1 is 1.07 bits per heavy atom. The second-order valence-corrected chi connectivity index (χ2v) is 14.2. The largest absolute Gasteiger partial charge is 0.419 e. The molecule has 7 nitrogen and oxygen atoms in total. The Morgan fingerprint density at radius 3 is 2.48 bits per heavy atom. The minimum absolute atomic E-state index is 0.0469. The number of amides is 1. The van der Waals surface area contributed by atoms with Gasteiger partial charge in [-0.3, -0.25) is 4.79 Å². The molecule has 5 rings (SSSR count). The first-order chi connectivity index (χ1) is 19.9. The van der Waals surface area contributed by atoms with Crippen molar-refractivity contribution in [2.24, 2.45) is 5.73 Å². The highest BCUT2D eigenvalue weighted by Crippen LogP contribution is 2.39. The average molecular weight is 580 g/mol. The van der Waals surface area contributed by atoms with Crippen molar-refractivity contribution in [3.63, 3.8) is 0 Å². The molecule has 3 aromatic carbocycles. The normalized spacial score (nSPS) is 16.7. The number of likely N-dealkylation sites (tertiary alicyclic amines) is 1. The average Bonchev–Trinajstić information content (AvgIpc) is 3.62. The molecule has 1 aliphatic heterocycles. The number of hydrogen-bond acceptors (Lipinski definition) is 7. The maximum atomic E-state index is 13.8. The van der Waals surface area contributed by atoms with Crippen molar-refractivity contribution in [3.8, 4) is 28.7 Å². The Hall–Kier alpha value is -3.93. The van der Waals surface area contributed by atoms with Crippen molar-refractivity contribution in [2.75, 3.05) is 6.54 Å². The van der Waals surface area contributed by atoms with Crippen LogP contribution in [0.3, 0.4) is 0 Å². The zero-order valence-electron chi connectivity index (χ0n) is 24.8. The molecule has 216 valence electrons. The minimum Gasteiger partial charge on any atom is -0.419 e. The Bertz CT molecular complexity index is 1630. The van der Waals surface area contributed by atoms with Gasteiger partial charge in [0.2, 0.25) is 11.8 Å². The summed E-state index contributed by atoms with van der Waals surface area (Å²) in [7, 11) is 0. The number of nitrogens with two attached hydrogens (primary N) is 1. The number of aromatic nitrogens is 2. The van der Waals surface area contributed by atoms with Gasteiger partial charge >= 0.3 is 0 Å². The van der Waals surface area contributed by atoms with Gasteiger partial charge in [0.25, 0.3) is 5.91 Å². The monoisotopic (exact) mass is 579 g/mol. The first kappa shape index (κ1) is 29.6. The van der Waals surface area contributed by atoms with Gasteiger partial charge in [-0.05, 0) is 68.5 Å². The van der Waals surface area contributed by atoms with E-state index in [1.54, 1.807) is 17.8 Å². The van der Waals surface area contributed by atoms with Crippen LogP contribution in [0.4, 0.5) is 0 Å². The van der Waals surface area contributed by atoms with E-state index in [1.807, 2.05) is 72.5 Å². The lowest BCUT2D eigenvalue weighted by Crippen LogP contribution is -2.35. The SMILES string of the molecule is CC1CCCN1C(=O)c1cc(-c2nnc([C@](C)(N)Cc3ccccc3)o2)cc(-c2cccc(SC(C)(C)C)c2C#N)c1. The Morgan fingerprint density at radius 2 is 1.81 bits per heavy atom. The van der Waals surface area contributed by atoms with E-state index >= 15 is 0 Å². The molecule has 1 aromatic heterocycles. The third kappa shape index (κ3) is 6.43. The topological polar surface area (TPSA) is 109 Å². The summed E-state index contributed by atoms with van der Waals surface area (Å²) in [6.07, 6.45) is 2.48. The van der Waals surface area contributed by atoms with Crippen molar-refractivity contribution >= 4 is 17.7 Å². The van der Waals surface area contributed by atoms with Gasteiger partial charge in [-0.2, -0.15) is 5.26 Å². The van der Waals surface area contributed by atoms with E-state index in [1.165, 1.54) is 0 Å². The van der Waals surface area contributed by atoms with Crippen molar-refractivity contribution in [2.45, 2.75) is 75.1 Å². The van der Waals surface area contributed by atoms with Gasteiger partial charge in [-0.25, -0.2) is 0 Å². The van der Waals surface area contributed by atoms with E-state index in [4.69, 9.17) is 10.2 Å². The molecule has 4 aromatic rings. The number of nitrogens with zero attached hydrogens (tertiary/aromatic N) is 4. The Kier molecular flexibility index (Phi) is 8.27. The molecule has 42 heavy (non-hydrogen) atoms. The quantitative estimate of drug-likeness (QED) is 0.230. The van der Waals surface area contributed by atoms with Crippen molar-refractivity contribution < 1.29 is 9.21 Å². The van der Waals surface area contributed by atoms with E-state index in [2.05, 4.69) is 44.0 Å². The highest BCUT2D eigenvalue weighted by molar-refractivity contribution is 8.00. The number of nitriles is 1. The predicted molar refractivity (Wildman–Crippen MR) is 167 cm³/mol. The molecule has 1 fully saturated rings. The molecule has 2 atom stereocenters. The fourth-order valence-electron chi connectivity index (χ4n) is 5.40. The van der Waals surface area contributed by atoms with Gasteiger partial charge in [0.15, 0.2) is 0 Å². The number of hydrogen-bond donors (Lipinski definition) is 1. The second-order valence-electron chi connectivity index (χ2n) is 12.3. The Balaban J connectivity index is 1.60. The molecule has 1 unspecified atom stereocenters. The lowest BCUT2D eigenvalue weighted by molar-refractivity contribution is 0.0747. The van der Waals surface area contributed by atoms with Crippen LogP contribution in [0.25, 0.3) is 22.6 Å². The zero-order chi connectivity index (χ0) is 30.1. The van der Waals surface area contributed by atoms with Gasteiger partial charge in [0.1, 0.15) is 6.07 Å². The van der Waals surface area contributed by atoms with Crippen LogP contribution in [0.2, 0.25) is 0 Å². The van der Waals surface area contributed by atoms with Crippen molar-refractivity contribution in [1.29, 1.82) is 5.26 Å². The van der Waals surface area contributed by atoms with E-state index in [0.29, 0.717) is 29.0 Å². The van der Waals surface area contributed by atoms with E-state index < -0.39 is 5.54 Å². The molecular weight excluding hydrogens is 542 g/mol. The molecule has 8 heteroatoms. The summed E-state index contributed by atoms with van der Waals surface area (Å²) < 4.78 is 6.11. The smallest absolute Gasteiger partial charge is 0.254 e. The van der Waals surface area contributed by atoms with Crippen molar-refractivity contribution in [1.82, 2.24) is 15.1 Å². The van der Waals surface area contributed by atoms with Crippen LogP contribution >= 0.6 is 11.8 Å².